The maximum Gasteiger partial charge on any atom is 0.338 e. The molecule has 0 aliphatic heterocycles. The van der Waals surface area contributed by atoms with E-state index in [1.54, 1.807) is 48.6 Å². The molecular formula is C27H30O6S. The number of methoxy groups -OCH3 is 1. The van der Waals surface area contributed by atoms with Crippen molar-refractivity contribution in [3.63, 3.8) is 0 Å². The molecule has 0 radical (unpaired) electrons. The number of rotatable bonds is 13. The normalized spacial score (nSPS) is 12.9. The number of carbonyl (C=O) groups excluding carboxylic acids is 3. The minimum absolute atomic E-state index is 0.260. The van der Waals surface area contributed by atoms with Crippen LogP contribution in [-0.2, 0) is 23.8 Å². The Morgan fingerprint density at radius 2 is 1.53 bits per heavy atom. The van der Waals surface area contributed by atoms with Gasteiger partial charge in [0, 0.05) is 18.2 Å². The highest BCUT2D eigenvalue weighted by atomic mass is 32.2. The molecule has 6 nitrogen and oxygen atoms in total. The Morgan fingerprint density at radius 3 is 2.18 bits per heavy atom. The maximum atomic E-state index is 12.5. The van der Waals surface area contributed by atoms with Crippen LogP contribution in [0.15, 0.2) is 89.9 Å². The summed E-state index contributed by atoms with van der Waals surface area (Å²) in [6.07, 6.45) is 8.83. The van der Waals surface area contributed by atoms with Gasteiger partial charge in [0.05, 0.1) is 12.7 Å². The number of ether oxygens (including phenoxy) is 3. The number of thioether (sulfide) groups is 1. The van der Waals surface area contributed by atoms with Crippen LogP contribution >= 0.6 is 11.8 Å². The SMILES string of the molecule is COC(=O)CCCCC(/C=C/C=C/C(OC(C)=O)Sc1ccccc1)OC(=O)c1ccccc1. The number of hydrogen-bond donors (Lipinski definition) is 0. The Kier molecular flexibility index (Phi) is 12.3. The minimum Gasteiger partial charge on any atom is -0.469 e. The lowest BCUT2D eigenvalue weighted by molar-refractivity contribution is -0.141. The molecule has 0 fully saturated rings. The zero-order valence-electron chi connectivity index (χ0n) is 19.4. The van der Waals surface area contributed by atoms with Crippen molar-refractivity contribution in [2.75, 3.05) is 7.11 Å². The maximum absolute atomic E-state index is 12.5. The van der Waals surface area contributed by atoms with Gasteiger partial charge in [0.2, 0.25) is 0 Å². The van der Waals surface area contributed by atoms with E-state index in [1.807, 2.05) is 36.4 Å². The van der Waals surface area contributed by atoms with Gasteiger partial charge in [0.15, 0.2) is 5.44 Å². The monoisotopic (exact) mass is 482 g/mol. The van der Waals surface area contributed by atoms with Gasteiger partial charge in [0.1, 0.15) is 6.10 Å². The second-order valence-electron chi connectivity index (χ2n) is 7.31. The van der Waals surface area contributed by atoms with Crippen molar-refractivity contribution < 1.29 is 28.6 Å². The first kappa shape index (κ1) is 26.9. The van der Waals surface area contributed by atoms with E-state index in [2.05, 4.69) is 4.74 Å². The first-order valence-electron chi connectivity index (χ1n) is 11.0. The molecule has 0 bridgehead atoms. The third-order valence-corrected chi connectivity index (χ3v) is 5.63. The van der Waals surface area contributed by atoms with Crippen molar-refractivity contribution >= 4 is 29.7 Å². The van der Waals surface area contributed by atoms with E-state index in [4.69, 9.17) is 9.47 Å². The van der Waals surface area contributed by atoms with Crippen LogP contribution in [0.4, 0.5) is 0 Å². The fourth-order valence-electron chi connectivity index (χ4n) is 2.93. The predicted octanol–water partition coefficient (Wildman–Crippen LogP) is 5.74. The van der Waals surface area contributed by atoms with Crippen molar-refractivity contribution in [2.45, 2.75) is 49.0 Å². The Hall–Kier alpha value is -3.32. The average Bonchev–Trinajstić information content (AvgIpc) is 2.84. The average molecular weight is 483 g/mol. The lowest BCUT2D eigenvalue weighted by Crippen LogP contribution is -2.16. The van der Waals surface area contributed by atoms with E-state index >= 15 is 0 Å². The molecule has 0 spiro atoms. The fraction of sp³-hybridized carbons (Fsp3) is 0.296. The van der Waals surface area contributed by atoms with Gasteiger partial charge in [-0.3, -0.25) is 9.59 Å². The lowest BCUT2D eigenvalue weighted by Gasteiger charge is -2.14. The summed E-state index contributed by atoms with van der Waals surface area (Å²) >= 11 is 1.41. The van der Waals surface area contributed by atoms with E-state index in [-0.39, 0.29) is 11.9 Å². The number of esters is 3. The van der Waals surface area contributed by atoms with Crippen LogP contribution in [0.5, 0.6) is 0 Å². The van der Waals surface area contributed by atoms with Crippen molar-refractivity contribution in [1.82, 2.24) is 0 Å². The van der Waals surface area contributed by atoms with E-state index in [0.717, 1.165) is 4.90 Å². The third-order valence-electron chi connectivity index (χ3n) is 4.60. The van der Waals surface area contributed by atoms with Crippen LogP contribution < -0.4 is 0 Å². The molecule has 0 aromatic heterocycles. The summed E-state index contributed by atoms with van der Waals surface area (Å²) in [4.78, 5) is 36.3. The van der Waals surface area contributed by atoms with Gasteiger partial charge in [-0.05, 0) is 55.7 Å². The molecule has 2 aromatic carbocycles. The molecule has 2 aromatic rings. The summed E-state index contributed by atoms with van der Waals surface area (Å²) in [7, 11) is 1.36. The Balaban J connectivity index is 2.01. The second-order valence-corrected chi connectivity index (χ2v) is 8.48. The molecule has 2 rings (SSSR count). The summed E-state index contributed by atoms with van der Waals surface area (Å²) in [5.74, 6) is -1.05. The molecular weight excluding hydrogens is 452 g/mol. The van der Waals surface area contributed by atoms with Crippen LogP contribution in [0.1, 0.15) is 43.0 Å². The molecule has 0 aliphatic carbocycles. The predicted molar refractivity (Wildman–Crippen MR) is 132 cm³/mol. The van der Waals surface area contributed by atoms with Gasteiger partial charge >= 0.3 is 17.9 Å². The Labute approximate surface area is 205 Å². The smallest absolute Gasteiger partial charge is 0.338 e. The molecule has 0 amide bonds. The van der Waals surface area contributed by atoms with Gasteiger partial charge in [-0.2, -0.15) is 0 Å². The minimum atomic E-state index is -0.491. The molecule has 2 unspecified atom stereocenters. The van der Waals surface area contributed by atoms with Gasteiger partial charge in [-0.15, -0.1) is 0 Å². The highest BCUT2D eigenvalue weighted by Crippen LogP contribution is 2.25. The van der Waals surface area contributed by atoms with Gasteiger partial charge < -0.3 is 14.2 Å². The molecule has 0 N–H and O–H groups in total. The summed E-state index contributed by atoms with van der Waals surface area (Å²) in [6, 6.07) is 18.4. The van der Waals surface area contributed by atoms with Gasteiger partial charge in [-0.25, -0.2) is 4.79 Å². The van der Waals surface area contributed by atoms with Crippen molar-refractivity contribution in [3.05, 3.63) is 90.5 Å². The first-order chi connectivity index (χ1) is 16.5. The number of unbranched alkanes of at least 4 members (excludes halogenated alkanes) is 1. The number of carbonyl (C=O) groups is 3. The fourth-order valence-corrected chi connectivity index (χ4v) is 3.87. The molecule has 180 valence electrons. The number of allylic oxidation sites excluding steroid dienone is 2. The summed E-state index contributed by atoms with van der Waals surface area (Å²) in [5, 5.41) is 0. The topological polar surface area (TPSA) is 78.9 Å². The van der Waals surface area contributed by atoms with Crippen molar-refractivity contribution in [1.29, 1.82) is 0 Å². The standard InChI is InChI=1S/C27H30O6S/c1-21(28)32-26(34-24-17-7-4-8-18-24)20-12-10-16-23(15-9-11-19-25(29)31-2)33-27(30)22-13-5-3-6-14-22/h3-8,10,12-14,16-18,20,23,26H,9,11,15,19H2,1-2H3/b16-10+,20-12+. The summed E-state index contributed by atoms with van der Waals surface area (Å²) < 4.78 is 15.7. The van der Waals surface area contributed by atoms with Crippen LogP contribution in [-0.4, -0.2) is 36.6 Å². The zero-order chi connectivity index (χ0) is 24.6. The molecule has 34 heavy (non-hydrogen) atoms. The van der Waals surface area contributed by atoms with Crippen molar-refractivity contribution in [2.24, 2.45) is 0 Å². The lowest BCUT2D eigenvalue weighted by atomic mass is 10.1. The van der Waals surface area contributed by atoms with Gasteiger partial charge in [-0.1, -0.05) is 60.3 Å². The molecule has 0 saturated carbocycles. The first-order valence-corrected chi connectivity index (χ1v) is 11.9. The number of benzene rings is 2. The second kappa shape index (κ2) is 15.5. The van der Waals surface area contributed by atoms with Crippen molar-refractivity contribution in [3.8, 4) is 0 Å². The van der Waals surface area contributed by atoms with Crippen LogP contribution in [0.2, 0.25) is 0 Å². The quantitative estimate of drug-likeness (QED) is 0.0899. The highest BCUT2D eigenvalue weighted by molar-refractivity contribution is 8.00. The zero-order valence-corrected chi connectivity index (χ0v) is 20.2. The Morgan fingerprint density at radius 1 is 0.882 bits per heavy atom. The number of hydrogen-bond acceptors (Lipinski definition) is 7. The Bertz CT molecular complexity index is 956. The molecule has 2 atom stereocenters. The molecule has 0 saturated heterocycles. The van der Waals surface area contributed by atoms with Gasteiger partial charge in [0.25, 0.3) is 0 Å². The van der Waals surface area contributed by atoms with Crippen LogP contribution in [0.25, 0.3) is 0 Å². The molecule has 7 heteroatoms. The van der Waals surface area contributed by atoms with Crippen LogP contribution in [0, 0.1) is 0 Å². The largest absolute Gasteiger partial charge is 0.469 e. The van der Waals surface area contributed by atoms with E-state index in [9.17, 15) is 14.4 Å². The summed E-state index contributed by atoms with van der Waals surface area (Å²) in [6.45, 7) is 1.37. The molecule has 0 aliphatic rings. The van der Waals surface area contributed by atoms with Crippen LogP contribution in [0.3, 0.4) is 0 Å². The molecule has 0 heterocycles. The van der Waals surface area contributed by atoms with E-state index < -0.39 is 17.5 Å². The van der Waals surface area contributed by atoms with E-state index in [1.165, 1.54) is 25.8 Å². The highest BCUT2D eigenvalue weighted by Gasteiger charge is 2.14. The summed E-state index contributed by atoms with van der Waals surface area (Å²) in [5.41, 5.74) is -0.0184. The van der Waals surface area contributed by atoms with E-state index in [0.29, 0.717) is 31.2 Å². The third kappa shape index (κ3) is 11.0.